The first-order valence-corrected chi connectivity index (χ1v) is 10.8. The average Bonchev–Trinajstić information content (AvgIpc) is 2.75. The molecule has 3 rings (SSSR count). The highest BCUT2D eigenvalue weighted by atomic mass is 16.5. The number of fused-ring (bicyclic) bond motifs is 1. The second-order valence-corrected chi connectivity index (χ2v) is 7.60. The van der Waals surface area contributed by atoms with E-state index in [1.165, 1.54) is 27.5 Å². The number of aryl methyl sites for hydroxylation is 1. The zero-order valence-corrected chi connectivity index (χ0v) is 18.1. The second kappa shape index (κ2) is 11.0. The van der Waals surface area contributed by atoms with E-state index in [0.717, 1.165) is 44.9 Å². The van der Waals surface area contributed by atoms with Crippen molar-refractivity contribution in [2.75, 3.05) is 26.2 Å². The number of ether oxygens (including phenoxy) is 1. The van der Waals surface area contributed by atoms with Crippen LogP contribution in [-0.4, -0.2) is 31.1 Å². The minimum Gasteiger partial charge on any atom is -0.489 e. The van der Waals surface area contributed by atoms with Crippen LogP contribution in [0.2, 0.25) is 0 Å². The Morgan fingerprint density at radius 1 is 0.931 bits per heavy atom. The average molecular weight is 391 g/mol. The zero-order chi connectivity index (χ0) is 20.5. The quantitative estimate of drug-likeness (QED) is 0.435. The molecule has 29 heavy (non-hydrogen) atoms. The van der Waals surface area contributed by atoms with Crippen molar-refractivity contribution in [2.45, 2.75) is 40.3 Å². The minimum atomic E-state index is 0.592. The predicted octanol–water partition coefficient (Wildman–Crippen LogP) is 5.55. The maximum absolute atomic E-state index is 6.27. The first kappa shape index (κ1) is 21.4. The van der Waals surface area contributed by atoms with Gasteiger partial charge in [-0.3, -0.25) is 0 Å². The summed E-state index contributed by atoms with van der Waals surface area (Å²) in [6.45, 7) is 12.4. The van der Waals surface area contributed by atoms with Crippen molar-refractivity contribution in [1.82, 2.24) is 10.2 Å². The van der Waals surface area contributed by atoms with Crippen LogP contribution in [0.15, 0.2) is 60.7 Å². The lowest BCUT2D eigenvalue weighted by Crippen LogP contribution is -2.27. The fourth-order valence-electron chi connectivity index (χ4n) is 3.78. The van der Waals surface area contributed by atoms with Crippen LogP contribution in [0.1, 0.15) is 37.0 Å². The summed E-state index contributed by atoms with van der Waals surface area (Å²) in [6.07, 6.45) is 1.16. The highest BCUT2D eigenvalue weighted by Gasteiger charge is 2.09. The summed E-state index contributed by atoms with van der Waals surface area (Å²) < 4.78 is 6.27. The third-order valence-corrected chi connectivity index (χ3v) is 5.50. The van der Waals surface area contributed by atoms with Gasteiger partial charge in [0, 0.05) is 12.1 Å². The normalized spacial score (nSPS) is 11.3. The summed E-state index contributed by atoms with van der Waals surface area (Å²) in [4.78, 5) is 2.47. The van der Waals surface area contributed by atoms with E-state index in [1.807, 2.05) is 0 Å². The van der Waals surface area contributed by atoms with Gasteiger partial charge in [-0.25, -0.2) is 0 Å². The molecule has 0 aliphatic carbocycles. The van der Waals surface area contributed by atoms with Crippen LogP contribution in [0.4, 0.5) is 0 Å². The van der Waals surface area contributed by atoms with E-state index in [9.17, 15) is 0 Å². The molecule has 0 saturated carbocycles. The van der Waals surface area contributed by atoms with E-state index in [2.05, 4.69) is 91.7 Å². The van der Waals surface area contributed by atoms with Crippen LogP contribution in [0.3, 0.4) is 0 Å². The van der Waals surface area contributed by atoms with Gasteiger partial charge < -0.3 is 15.0 Å². The molecular weight excluding hydrogens is 356 g/mol. The number of benzene rings is 3. The van der Waals surface area contributed by atoms with Crippen molar-refractivity contribution in [2.24, 2.45) is 0 Å². The molecule has 0 amide bonds. The fourth-order valence-corrected chi connectivity index (χ4v) is 3.78. The SMILES string of the molecule is CCN(CC)CCCNCc1c(OCc2cccc(C)c2)ccc2ccccc12. The van der Waals surface area contributed by atoms with Gasteiger partial charge in [-0.2, -0.15) is 0 Å². The summed E-state index contributed by atoms with van der Waals surface area (Å²) >= 11 is 0. The molecule has 3 aromatic carbocycles. The maximum Gasteiger partial charge on any atom is 0.124 e. The number of nitrogens with zero attached hydrogens (tertiary/aromatic N) is 1. The lowest BCUT2D eigenvalue weighted by Gasteiger charge is -2.18. The van der Waals surface area contributed by atoms with Crippen molar-refractivity contribution in [1.29, 1.82) is 0 Å². The molecule has 0 aliphatic heterocycles. The molecule has 0 spiro atoms. The molecule has 0 atom stereocenters. The van der Waals surface area contributed by atoms with Crippen molar-refractivity contribution in [3.63, 3.8) is 0 Å². The summed E-state index contributed by atoms with van der Waals surface area (Å²) in [5.74, 6) is 0.974. The van der Waals surface area contributed by atoms with Crippen LogP contribution >= 0.6 is 0 Å². The topological polar surface area (TPSA) is 24.5 Å². The largest absolute Gasteiger partial charge is 0.489 e. The van der Waals surface area contributed by atoms with E-state index in [1.54, 1.807) is 0 Å². The first-order chi connectivity index (χ1) is 14.2. The Kier molecular flexibility index (Phi) is 8.09. The van der Waals surface area contributed by atoms with Gasteiger partial charge in [0.15, 0.2) is 0 Å². The van der Waals surface area contributed by atoms with Crippen molar-refractivity contribution >= 4 is 10.8 Å². The van der Waals surface area contributed by atoms with Crippen molar-refractivity contribution in [3.05, 3.63) is 77.4 Å². The third kappa shape index (κ3) is 6.06. The van der Waals surface area contributed by atoms with E-state index >= 15 is 0 Å². The van der Waals surface area contributed by atoms with Crippen LogP contribution in [-0.2, 0) is 13.2 Å². The number of hydrogen-bond acceptors (Lipinski definition) is 3. The zero-order valence-electron chi connectivity index (χ0n) is 18.1. The lowest BCUT2D eigenvalue weighted by molar-refractivity contribution is 0.296. The Morgan fingerprint density at radius 2 is 1.76 bits per heavy atom. The summed E-state index contributed by atoms with van der Waals surface area (Å²) in [7, 11) is 0. The number of nitrogens with one attached hydrogen (secondary N) is 1. The molecule has 0 bridgehead atoms. The lowest BCUT2D eigenvalue weighted by atomic mass is 10.0. The van der Waals surface area contributed by atoms with E-state index in [-0.39, 0.29) is 0 Å². The van der Waals surface area contributed by atoms with Gasteiger partial charge in [-0.1, -0.05) is 74.0 Å². The van der Waals surface area contributed by atoms with Gasteiger partial charge in [0.2, 0.25) is 0 Å². The number of hydrogen-bond donors (Lipinski definition) is 1. The molecule has 0 unspecified atom stereocenters. The van der Waals surface area contributed by atoms with E-state index in [4.69, 9.17) is 4.74 Å². The molecule has 1 N–H and O–H groups in total. The summed E-state index contributed by atoms with van der Waals surface area (Å²) in [5, 5.41) is 6.17. The molecule has 0 heterocycles. The molecule has 3 aromatic rings. The molecular formula is C26H34N2O. The number of rotatable bonds is 11. The molecule has 3 nitrogen and oxygen atoms in total. The van der Waals surface area contributed by atoms with Gasteiger partial charge in [-0.05, 0) is 61.9 Å². The molecule has 0 aromatic heterocycles. The van der Waals surface area contributed by atoms with Crippen LogP contribution in [0.25, 0.3) is 10.8 Å². The monoisotopic (exact) mass is 390 g/mol. The highest BCUT2D eigenvalue weighted by Crippen LogP contribution is 2.29. The Balaban J connectivity index is 1.68. The second-order valence-electron chi connectivity index (χ2n) is 7.60. The van der Waals surface area contributed by atoms with Gasteiger partial charge in [0.1, 0.15) is 12.4 Å². The molecule has 154 valence electrons. The van der Waals surface area contributed by atoms with Crippen LogP contribution in [0, 0.1) is 6.92 Å². The summed E-state index contributed by atoms with van der Waals surface area (Å²) in [6, 6.07) is 21.4. The van der Waals surface area contributed by atoms with Gasteiger partial charge >= 0.3 is 0 Å². The minimum absolute atomic E-state index is 0.592. The van der Waals surface area contributed by atoms with Crippen LogP contribution in [0.5, 0.6) is 5.75 Å². The van der Waals surface area contributed by atoms with Gasteiger partial charge in [0.25, 0.3) is 0 Å². The smallest absolute Gasteiger partial charge is 0.124 e. The Morgan fingerprint density at radius 3 is 2.55 bits per heavy atom. The Hall–Kier alpha value is -2.36. The first-order valence-electron chi connectivity index (χ1n) is 10.8. The van der Waals surface area contributed by atoms with Gasteiger partial charge in [0.05, 0.1) is 0 Å². The Labute approximate surface area is 175 Å². The van der Waals surface area contributed by atoms with E-state index < -0.39 is 0 Å². The molecule has 0 radical (unpaired) electrons. The molecule has 3 heteroatoms. The molecule has 0 fully saturated rings. The molecule has 0 saturated heterocycles. The fraction of sp³-hybridized carbons (Fsp3) is 0.385. The highest BCUT2D eigenvalue weighted by molar-refractivity contribution is 5.87. The van der Waals surface area contributed by atoms with Crippen molar-refractivity contribution in [3.8, 4) is 5.75 Å². The maximum atomic E-state index is 6.27. The van der Waals surface area contributed by atoms with E-state index in [0.29, 0.717) is 6.61 Å². The Bertz CT molecular complexity index is 902. The van der Waals surface area contributed by atoms with Gasteiger partial charge in [-0.15, -0.1) is 0 Å². The predicted molar refractivity (Wildman–Crippen MR) is 124 cm³/mol. The standard InChI is InChI=1S/C26H34N2O/c1-4-28(5-2)17-9-16-27-19-25-24-13-7-6-12-23(24)14-15-26(25)29-20-22-11-8-10-21(3)18-22/h6-8,10-15,18,27H,4-5,9,16-17,19-20H2,1-3H3. The molecule has 0 aliphatic rings. The summed E-state index contributed by atoms with van der Waals surface area (Å²) in [5.41, 5.74) is 3.72. The van der Waals surface area contributed by atoms with Crippen molar-refractivity contribution < 1.29 is 4.74 Å². The van der Waals surface area contributed by atoms with Crippen LogP contribution < -0.4 is 10.1 Å². The third-order valence-electron chi connectivity index (χ3n) is 5.50.